The molecule has 0 aliphatic carbocycles. The van der Waals surface area contributed by atoms with Gasteiger partial charge in [-0.25, -0.2) is 9.97 Å². The van der Waals surface area contributed by atoms with E-state index in [1.165, 1.54) is 5.69 Å². The number of nitrogens with two attached hydrogens (primary N) is 1. The Morgan fingerprint density at radius 1 is 1.23 bits per heavy atom. The van der Waals surface area contributed by atoms with Crippen molar-refractivity contribution in [1.82, 2.24) is 9.97 Å². The predicted molar refractivity (Wildman–Crippen MR) is 88.6 cm³/mol. The number of benzene rings is 1. The number of methoxy groups -OCH3 is 1. The standard InChI is InChI=1S/C16H19ClN4O/c1-22-13-4-2-12(3-5-13)21-8-6-11(7-9-21)14-10-19-16(18)20-15(14)17/h2-5,10-11H,6-9H2,1H3,(H2,18,19,20). The molecule has 1 saturated heterocycles. The van der Waals surface area contributed by atoms with Gasteiger partial charge in [0, 0.05) is 30.5 Å². The second-order valence-electron chi connectivity index (χ2n) is 5.43. The Hall–Kier alpha value is -2.01. The summed E-state index contributed by atoms with van der Waals surface area (Å²) in [5.74, 6) is 1.50. The fourth-order valence-electron chi connectivity index (χ4n) is 2.90. The van der Waals surface area contributed by atoms with Crippen molar-refractivity contribution in [2.75, 3.05) is 30.8 Å². The molecule has 1 aromatic carbocycles. The van der Waals surface area contributed by atoms with Gasteiger partial charge in [-0.3, -0.25) is 0 Å². The van der Waals surface area contributed by atoms with Crippen LogP contribution in [0.2, 0.25) is 5.15 Å². The van der Waals surface area contributed by atoms with E-state index in [1.54, 1.807) is 13.3 Å². The first kappa shape index (κ1) is 14.9. The van der Waals surface area contributed by atoms with Crippen molar-refractivity contribution in [3.05, 3.63) is 41.2 Å². The van der Waals surface area contributed by atoms with Gasteiger partial charge in [0.15, 0.2) is 0 Å². The second-order valence-corrected chi connectivity index (χ2v) is 5.79. The van der Waals surface area contributed by atoms with Gasteiger partial charge >= 0.3 is 0 Å². The van der Waals surface area contributed by atoms with Crippen LogP contribution in [-0.2, 0) is 0 Å². The normalized spacial score (nSPS) is 15.8. The summed E-state index contributed by atoms with van der Waals surface area (Å²) in [4.78, 5) is 10.5. The van der Waals surface area contributed by atoms with Crippen LogP contribution in [0.15, 0.2) is 30.5 Å². The van der Waals surface area contributed by atoms with Gasteiger partial charge in [0.05, 0.1) is 7.11 Å². The van der Waals surface area contributed by atoms with Gasteiger partial charge in [0.2, 0.25) is 5.95 Å². The first-order valence-corrected chi connectivity index (χ1v) is 7.72. The van der Waals surface area contributed by atoms with Gasteiger partial charge in [-0.05, 0) is 43.0 Å². The zero-order valence-electron chi connectivity index (χ0n) is 12.5. The molecule has 0 bridgehead atoms. The van der Waals surface area contributed by atoms with Crippen LogP contribution in [0.4, 0.5) is 11.6 Å². The van der Waals surface area contributed by atoms with Gasteiger partial charge in [-0.15, -0.1) is 0 Å². The lowest BCUT2D eigenvalue weighted by Gasteiger charge is -2.33. The van der Waals surface area contributed by atoms with Crippen molar-refractivity contribution in [2.45, 2.75) is 18.8 Å². The molecule has 22 heavy (non-hydrogen) atoms. The van der Waals surface area contributed by atoms with E-state index < -0.39 is 0 Å². The first-order valence-electron chi connectivity index (χ1n) is 7.34. The topological polar surface area (TPSA) is 64.3 Å². The van der Waals surface area contributed by atoms with Crippen LogP contribution in [0.3, 0.4) is 0 Å². The van der Waals surface area contributed by atoms with Crippen molar-refractivity contribution in [2.24, 2.45) is 0 Å². The molecule has 0 saturated carbocycles. The van der Waals surface area contributed by atoms with E-state index in [0.717, 1.165) is 37.2 Å². The number of nitrogens with zero attached hydrogens (tertiary/aromatic N) is 3. The third kappa shape index (κ3) is 3.09. The minimum atomic E-state index is 0.226. The largest absolute Gasteiger partial charge is 0.497 e. The molecular weight excluding hydrogens is 300 g/mol. The number of hydrogen-bond acceptors (Lipinski definition) is 5. The van der Waals surface area contributed by atoms with E-state index in [9.17, 15) is 0 Å². The minimum absolute atomic E-state index is 0.226. The molecule has 0 radical (unpaired) electrons. The lowest BCUT2D eigenvalue weighted by Crippen LogP contribution is -2.33. The number of rotatable bonds is 3. The Bertz CT molecular complexity index is 639. The molecule has 0 atom stereocenters. The maximum Gasteiger partial charge on any atom is 0.221 e. The number of anilines is 2. The average molecular weight is 319 g/mol. The number of nitrogen functional groups attached to an aromatic ring is 1. The van der Waals surface area contributed by atoms with Crippen molar-refractivity contribution in [1.29, 1.82) is 0 Å². The quantitative estimate of drug-likeness (QED) is 0.881. The van der Waals surface area contributed by atoms with Gasteiger partial charge < -0.3 is 15.4 Å². The average Bonchev–Trinajstić information content (AvgIpc) is 2.55. The molecule has 6 heteroatoms. The lowest BCUT2D eigenvalue weighted by molar-refractivity contribution is 0.414. The molecule has 2 aromatic rings. The zero-order valence-corrected chi connectivity index (χ0v) is 13.3. The van der Waals surface area contributed by atoms with E-state index in [2.05, 4.69) is 27.0 Å². The lowest BCUT2D eigenvalue weighted by atomic mass is 9.91. The highest BCUT2D eigenvalue weighted by Crippen LogP contribution is 2.33. The molecule has 5 nitrogen and oxygen atoms in total. The molecule has 3 rings (SSSR count). The molecule has 116 valence electrons. The van der Waals surface area contributed by atoms with E-state index >= 15 is 0 Å². The first-order chi connectivity index (χ1) is 10.7. The number of aromatic nitrogens is 2. The highest BCUT2D eigenvalue weighted by Gasteiger charge is 2.23. The Balaban J connectivity index is 1.66. The number of halogens is 1. The summed E-state index contributed by atoms with van der Waals surface area (Å²) in [5, 5.41) is 0.482. The third-order valence-corrected chi connectivity index (χ3v) is 4.46. The highest BCUT2D eigenvalue weighted by atomic mass is 35.5. The summed E-state index contributed by atoms with van der Waals surface area (Å²) < 4.78 is 5.20. The molecular formula is C16H19ClN4O. The molecule has 0 unspecified atom stereocenters. The summed E-state index contributed by atoms with van der Waals surface area (Å²) in [6, 6.07) is 8.18. The molecule has 1 aliphatic heterocycles. The molecule has 2 N–H and O–H groups in total. The van der Waals surface area contributed by atoms with Crippen LogP contribution in [0.5, 0.6) is 5.75 Å². The zero-order chi connectivity index (χ0) is 15.5. The van der Waals surface area contributed by atoms with Gasteiger partial charge in [-0.1, -0.05) is 11.6 Å². The van der Waals surface area contributed by atoms with Crippen LogP contribution in [0.1, 0.15) is 24.3 Å². The summed E-state index contributed by atoms with van der Waals surface area (Å²) in [5.41, 5.74) is 7.78. The van der Waals surface area contributed by atoms with Crippen molar-refractivity contribution >= 4 is 23.2 Å². The van der Waals surface area contributed by atoms with Crippen molar-refractivity contribution in [3.8, 4) is 5.75 Å². The SMILES string of the molecule is COc1ccc(N2CCC(c3cnc(N)nc3Cl)CC2)cc1. The predicted octanol–water partition coefficient (Wildman–Crippen LogP) is 3.10. The van der Waals surface area contributed by atoms with Crippen LogP contribution in [0.25, 0.3) is 0 Å². The van der Waals surface area contributed by atoms with Crippen LogP contribution in [0, 0.1) is 0 Å². The highest BCUT2D eigenvalue weighted by molar-refractivity contribution is 6.30. The van der Waals surface area contributed by atoms with Crippen LogP contribution in [-0.4, -0.2) is 30.2 Å². The molecule has 1 aliphatic rings. The summed E-state index contributed by atoms with van der Waals surface area (Å²) in [6.07, 6.45) is 3.82. The second kappa shape index (κ2) is 6.40. The van der Waals surface area contributed by atoms with Crippen molar-refractivity contribution in [3.63, 3.8) is 0 Å². The third-order valence-electron chi connectivity index (χ3n) is 4.16. The van der Waals surface area contributed by atoms with Gasteiger partial charge in [-0.2, -0.15) is 0 Å². The molecule has 1 fully saturated rings. The van der Waals surface area contributed by atoms with E-state index in [4.69, 9.17) is 22.1 Å². The van der Waals surface area contributed by atoms with Crippen molar-refractivity contribution < 1.29 is 4.74 Å². The Kier molecular flexibility index (Phi) is 4.34. The molecule has 2 heterocycles. The maximum absolute atomic E-state index is 6.19. The Morgan fingerprint density at radius 2 is 1.91 bits per heavy atom. The van der Waals surface area contributed by atoms with E-state index in [1.807, 2.05) is 12.1 Å². The number of ether oxygens (including phenoxy) is 1. The van der Waals surface area contributed by atoms with Gasteiger partial charge in [0.1, 0.15) is 10.9 Å². The Morgan fingerprint density at radius 3 is 2.50 bits per heavy atom. The van der Waals surface area contributed by atoms with Crippen LogP contribution >= 0.6 is 11.6 Å². The molecule has 0 spiro atoms. The number of hydrogen-bond donors (Lipinski definition) is 1. The smallest absolute Gasteiger partial charge is 0.221 e. The maximum atomic E-state index is 6.19. The fourth-order valence-corrected chi connectivity index (χ4v) is 3.19. The van der Waals surface area contributed by atoms with Gasteiger partial charge in [0.25, 0.3) is 0 Å². The van der Waals surface area contributed by atoms with E-state index in [-0.39, 0.29) is 5.95 Å². The Labute approximate surface area is 135 Å². The van der Waals surface area contributed by atoms with Crippen LogP contribution < -0.4 is 15.4 Å². The molecule has 1 aromatic heterocycles. The molecule has 0 amide bonds. The summed E-state index contributed by atoms with van der Waals surface area (Å²) in [6.45, 7) is 1.97. The monoisotopic (exact) mass is 318 g/mol. The minimum Gasteiger partial charge on any atom is -0.497 e. The number of piperidine rings is 1. The summed E-state index contributed by atoms with van der Waals surface area (Å²) in [7, 11) is 1.68. The van der Waals surface area contributed by atoms with E-state index in [0.29, 0.717) is 11.1 Å². The summed E-state index contributed by atoms with van der Waals surface area (Å²) >= 11 is 6.19. The fraction of sp³-hybridized carbons (Fsp3) is 0.375.